The maximum Gasteiger partial charge on any atom is 0.140 e. The van der Waals surface area contributed by atoms with E-state index in [1.165, 1.54) is 5.56 Å². The fourth-order valence-electron chi connectivity index (χ4n) is 1.55. The zero-order valence-corrected chi connectivity index (χ0v) is 11.7. The van der Waals surface area contributed by atoms with E-state index in [1.807, 2.05) is 25.2 Å². The van der Waals surface area contributed by atoms with Crippen molar-refractivity contribution in [3.8, 4) is 0 Å². The van der Waals surface area contributed by atoms with Crippen molar-refractivity contribution < 1.29 is 5.21 Å². The van der Waals surface area contributed by atoms with Gasteiger partial charge in [0.2, 0.25) is 0 Å². The van der Waals surface area contributed by atoms with Gasteiger partial charge in [0.05, 0.1) is 0 Å². The van der Waals surface area contributed by atoms with Gasteiger partial charge in [-0.25, -0.2) is 0 Å². The van der Waals surface area contributed by atoms with E-state index in [2.05, 4.69) is 39.0 Å². The fraction of sp³-hybridized carbons (Fsp3) is 0.417. The van der Waals surface area contributed by atoms with E-state index in [-0.39, 0.29) is 11.9 Å². The molecule has 1 atom stereocenters. The largest absolute Gasteiger partial charge is 0.409 e. The lowest BCUT2D eigenvalue weighted by Crippen LogP contribution is -2.32. The number of halogens is 1. The molecule has 0 amide bonds. The molecule has 0 aromatic heterocycles. The molecular formula is C12H18BrN3O. The van der Waals surface area contributed by atoms with E-state index >= 15 is 0 Å². The van der Waals surface area contributed by atoms with Crippen LogP contribution < -0.4 is 5.73 Å². The number of amidine groups is 1. The number of oxime groups is 1. The maximum absolute atomic E-state index is 8.54. The van der Waals surface area contributed by atoms with E-state index in [0.29, 0.717) is 6.42 Å². The Bertz CT molecular complexity index is 395. The van der Waals surface area contributed by atoms with Crippen LogP contribution in [0.2, 0.25) is 0 Å². The van der Waals surface area contributed by atoms with Crippen LogP contribution in [0.15, 0.2) is 33.9 Å². The second-order valence-corrected chi connectivity index (χ2v) is 5.01. The number of nitrogens with zero attached hydrogens (tertiary/aromatic N) is 2. The zero-order chi connectivity index (χ0) is 12.8. The molecule has 0 aliphatic rings. The molecule has 1 aromatic rings. The fourth-order valence-corrected chi connectivity index (χ4v) is 1.96. The second-order valence-electron chi connectivity index (χ2n) is 4.15. The third-order valence-corrected chi connectivity index (χ3v) is 3.54. The Hall–Kier alpha value is -1.07. The van der Waals surface area contributed by atoms with Crippen molar-refractivity contribution in [1.29, 1.82) is 0 Å². The van der Waals surface area contributed by atoms with Crippen molar-refractivity contribution >= 4 is 21.8 Å². The molecule has 94 valence electrons. The average molecular weight is 300 g/mol. The maximum atomic E-state index is 8.54. The first-order valence-electron chi connectivity index (χ1n) is 5.44. The summed E-state index contributed by atoms with van der Waals surface area (Å²) in [5.74, 6) is 0.261. The summed E-state index contributed by atoms with van der Waals surface area (Å²) in [5.41, 5.74) is 6.72. The summed E-state index contributed by atoms with van der Waals surface area (Å²) < 4.78 is 1.10. The third kappa shape index (κ3) is 4.36. The first-order valence-corrected chi connectivity index (χ1v) is 6.24. The number of benzene rings is 1. The highest BCUT2D eigenvalue weighted by Gasteiger charge is 2.12. The monoisotopic (exact) mass is 299 g/mol. The predicted molar refractivity (Wildman–Crippen MR) is 73.1 cm³/mol. The predicted octanol–water partition coefficient (Wildman–Crippen LogP) is 2.41. The number of rotatable bonds is 5. The molecule has 1 unspecified atom stereocenters. The van der Waals surface area contributed by atoms with Gasteiger partial charge < -0.3 is 10.9 Å². The number of hydrogen-bond donors (Lipinski definition) is 2. The minimum atomic E-state index is 0.220. The zero-order valence-electron chi connectivity index (χ0n) is 10.1. The quantitative estimate of drug-likeness (QED) is 0.380. The summed E-state index contributed by atoms with van der Waals surface area (Å²) >= 11 is 3.52. The summed E-state index contributed by atoms with van der Waals surface area (Å²) in [6, 6.07) is 8.34. The molecule has 0 aliphatic carbocycles. The summed E-state index contributed by atoms with van der Waals surface area (Å²) in [4.78, 5) is 2.16. The lowest BCUT2D eigenvalue weighted by atomic mass is 10.1. The molecule has 0 fully saturated rings. The van der Waals surface area contributed by atoms with Gasteiger partial charge in [-0.05, 0) is 25.6 Å². The highest BCUT2D eigenvalue weighted by atomic mass is 79.9. The Morgan fingerprint density at radius 3 is 2.76 bits per heavy atom. The summed E-state index contributed by atoms with van der Waals surface area (Å²) in [7, 11) is 2.02. The minimum Gasteiger partial charge on any atom is -0.409 e. The van der Waals surface area contributed by atoms with Gasteiger partial charge in [-0.15, -0.1) is 0 Å². The van der Waals surface area contributed by atoms with Gasteiger partial charge in [-0.1, -0.05) is 39.3 Å². The third-order valence-electron chi connectivity index (χ3n) is 2.76. The standard InChI is InChI=1S/C12H18BrN3O/c1-9(7-12(14)15-17)16(2)8-10-5-3-4-6-11(10)13/h3-6,9,17H,7-8H2,1-2H3,(H2,14,15). The Morgan fingerprint density at radius 2 is 2.18 bits per heavy atom. The van der Waals surface area contributed by atoms with Gasteiger partial charge in [-0.3, -0.25) is 4.90 Å². The molecule has 1 aromatic carbocycles. The molecule has 1 rings (SSSR count). The van der Waals surface area contributed by atoms with Gasteiger partial charge in [0.15, 0.2) is 0 Å². The number of nitrogens with two attached hydrogens (primary N) is 1. The van der Waals surface area contributed by atoms with Crippen molar-refractivity contribution in [3.05, 3.63) is 34.3 Å². The molecule has 0 saturated carbocycles. The van der Waals surface area contributed by atoms with Crippen LogP contribution in [0, 0.1) is 0 Å². The van der Waals surface area contributed by atoms with Crippen LogP contribution in [0.4, 0.5) is 0 Å². The first kappa shape index (κ1) is 14.0. The molecule has 0 bridgehead atoms. The molecule has 0 spiro atoms. The lowest BCUT2D eigenvalue weighted by Gasteiger charge is -2.24. The Morgan fingerprint density at radius 1 is 1.53 bits per heavy atom. The number of hydrogen-bond acceptors (Lipinski definition) is 3. The lowest BCUT2D eigenvalue weighted by molar-refractivity contribution is 0.250. The Balaban J connectivity index is 2.60. The van der Waals surface area contributed by atoms with Crippen LogP contribution in [0.1, 0.15) is 18.9 Å². The summed E-state index contributed by atoms with van der Waals surface area (Å²) in [6.45, 7) is 2.87. The molecule has 0 radical (unpaired) electrons. The topological polar surface area (TPSA) is 61.9 Å². The molecule has 17 heavy (non-hydrogen) atoms. The van der Waals surface area contributed by atoms with E-state index in [9.17, 15) is 0 Å². The van der Waals surface area contributed by atoms with Crippen molar-refractivity contribution in [3.63, 3.8) is 0 Å². The summed E-state index contributed by atoms with van der Waals surface area (Å²) in [5, 5.41) is 11.5. The van der Waals surface area contributed by atoms with E-state index in [0.717, 1.165) is 11.0 Å². The van der Waals surface area contributed by atoms with Crippen LogP contribution >= 0.6 is 15.9 Å². The second kappa shape index (κ2) is 6.61. The van der Waals surface area contributed by atoms with Gasteiger partial charge in [0.25, 0.3) is 0 Å². The van der Waals surface area contributed by atoms with Crippen LogP contribution in [0.3, 0.4) is 0 Å². The SMILES string of the molecule is CC(CC(N)=NO)N(C)Cc1ccccc1Br. The van der Waals surface area contributed by atoms with E-state index in [1.54, 1.807) is 0 Å². The van der Waals surface area contributed by atoms with Gasteiger partial charge in [-0.2, -0.15) is 0 Å². The van der Waals surface area contributed by atoms with Gasteiger partial charge in [0.1, 0.15) is 5.84 Å². The molecule has 4 nitrogen and oxygen atoms in total. The normalized spacial score (nSPS) is 14.0. The van der Waals surface area contributed by atoms with Crippen LogP contribution in [0.25, 0.3) is 0 Å². The van der Waals surface area contributed by atoms with E-state index in [4.69, 9.17) is 10.9 Å². The van der Waals surface area contributed by atoms with Crippen LogP contribution in [-0.4, -0.2) is 29.0 Å². The van der Waals surface area contributed by atoms with Crippen molar-refractivity contribution in [2.75, 3.05) is 7.05 Å². The Labute approximate surface area is 110 Å². The summed E-state index contributed by atoms with van der Waals surface area (Å²) in [6.07, 6.45) is 0.553. The molecule has 0 heterocycles. The highest BCUT2D eigenvalue weighted by molar-refractivity contribution is 9.10. The molecule has 0 aliphatic heterocycles. The van der Waals surface area contributed by atoms with E-state index < -0.39 is 0 Å². The minimum absolute atomic E-state index is 0.220. The van der Waals surface area contributed by atoms with Crippen LogP contribution in [0.5, 0.6) is 0 Å². The molecule has 3 N–H and O–H groups in total. The average Bonchev–Trinajstić information content (AvgIpc) is 2.31. The smallest absolute Gasteiger partial charge is 0.140 e. The highest BCUT2D eigenvalue weighted by Crippen LogP contribution is 2.18. The van der Waals surface area contributed by atoms with Crippen LogP contribution in [-0.2, 0) is 6.54 Å². The van der Waals surface area contributed by atoms with Gasteiger partial charge >= 0.3 is 0 Å². The van der Waals surface area contributed by atoms with Crippen molar-refractivity contribution in [2.24, 2.45) is 10.9 Å². The van der Waals surface area contributed by atoms with Crippen molar-refractivity contribution in [2.45, 2.75) is 25.9 Å². The first-order chi connectivity index (χ1) is 8.04. The van der Waals surface area contributed by atoms with Gasteiger partial charge in [0, 0.05) is 23.5 Å². The molecular weight excluding hydrogens is 282 g/mol. The molecule has 5 heteroatoms. The van der Waals surface area contributed by atoms with Crippen molar-refractivity contribution in [1.82, 2.24) is 4.90 Å². The Kier molecular flexibility index (Phi) is 5.44. The molecule has 0 saturated heterocycles.